The molecule has 0 spiro atoms. The Bertz CT molecular complexity index is 442. The Morgan fingerprint density at radius 3 is 2.11 bits per heavy atom. The smallest absolute Gasteiger partial charge is 0.403 e. The second kappa shape index (κ2) is 4.52. The summed E-state index contributed by atoms with van der Waals surface area (Å²) in [7, 11) is 0. The Balaban J connectivity index is 3.46. The SMILES string of the molecule is NCc1ncc(N)c(OC(F)(F)F)c1C(F)(F)F. The number of rotatable bonds is 2. The summed E-state index contributed by atoms with van der Waals surface area (Å²) < 4.78 is 77.3. The van der Waals surface area contributed by atoms with E-state index in [1.54, 1.807) is 0 Å². The number of halogens is 6. The van der Waals surface area contributed by atoms with Gasteiger partial charge in [-0.1, -0.05) is 0 Å². The number of alkyl halides is 6. The van der Waals surface area contributed by atoms with Crippen LogP contribution < -0.4 is 16.2 Å². The highest BCUT2D eigenvalue weighted by Crippen LogP contribution is 2.42. The molecule has 0 unspecified atom stereocenters. The molecule has 0 amide bonds. The van der Waals surface area contributed by atoms with Crippen LogP contribution in [0, 0.1) is 0 Å². The van der Waals surface area contributed by atoms with E-state index in [-0.39, 0.29) is 0 Å². The van der Waals surface area contributed by atoms with Crippen molar-refractivity contribution in [2.45, 2.75) is 19.1 Å². The maximum Gasteiger partial charge on any atom is 0.573 e. The minimum absolute atomic E-state index is 0.624. The first-order valence-corrected chi connectivity index (χ1v) is 4.36. The van der Waals surface area contributed by atoms with Crippen LogP contribution in [0.2, 0.25) is 0 Å². The normalized spacial score (nSPS) is 12.6. The van der Waals surface area contributed by atoms with Crippen molar-refractivity contribution < 1.29 is 31.1 Å². The first-order valence-electron chi connectivity index (χ1n) is 4.36. The van der Waals surface area contributed by atoms with Crippen molar-refractivity contribution in [1.82, 2.24) is 4.98 Å². The maximum atomic E-state index is 12.7. The lowest BCUT2D eigenvalue weighted by Crippen LogP contribution is -2.23. The van der Waals surface area contributed by atoms with Crippen molar-refractivity contribution in [2.24, 2.45) is 5.73 Å². The maximum absolute atomic E-state index is 12.7. The minimum Gasteiger partial charge on any atom is -0.403 e. The van der Waals surface area contributed by atoms with E-state index < -0.39 is 41.8 Å². The zero-order valence-corrected chi connectivity index (χ0v) is 8.56. The van der Waals surface area contributed by atoms with Crippen molar-refractivity contribution >= 4 is 5.69 Å². The molecule has 0 aliphatic rings. The fraction of sp³-hybridized carbons (Fsp3) is 0.375. The van der Waals surface area contributed by atoms with Crippen LogP contribution in [0.15, 0.2) is 6.20 Å². The number of pyridine rings is 1. The van der Waals surface area contributed by atoms with E-state index in [2.05, 4.69) is 9.72 Å². The van der Waals surface area contributed by atoms with Crippen LogP contribution in [-0.2, 0) is 12.7 Å². The third-order valence-corrected chi connectivity index (χ3v) is 1.83. The molecular weight excluding hydrogens is 268 g/mol. The summed E-state index contributed by atoms with van der Waals surface area (Å²) >= 11 is 0. The van der Waals surface area contributed by atoms with Crippen LogP contribution in [-0.4, -0.2) is 11.3 Å². The number of hydrogen-bond acceptors (Lipinski definition) is 4. The van der Waals surface area contributed by atoms with Crippen LogP contribution >= 0.6 is 0 Å². The molecule has 18 heavy (non-hydrogen) atoms. The molecule has 1 aromatic rings. The molecular formula is C8H7F6N3O. The molecule has 0 radical (unpaired) electrons. The second-order valence-electron chi connectivity index (χ2n) is 3.11. The molecule has 0 saturated heterocycles. The van der Waals surface area contributed by atoms with Crippen molar-refractivity contribution in [3.8, 4) is 5.75 Å². The van der Waals surface area contributed by atoms with Crippen LogP contribution in [0.25, 0.3) is 0 Å². The zero-order chi connectivity index (χ0) is 14.1. The van der Waals surface area contributed by atoms with E-state index in [1.807, 2.05) is 0 Å². The Morgan fingerprint density at radius 2 is 1.72 bits per heavy atom. The average Bonchev–Trinajstić information content (AvgIpc) is 2.17. The molecule has 0 aliphatic heterocycles. The number of nitrogens with zero attached hydrogens (tertiary/aromatic N) is 1. The predicted octanol–water partition coefficient (Wildman–Crippen LogP) is 2.04. The van der Waals surface area contributed by atoms with Crippen molar-refractivity contribution in [3.05, 3.63) is 17.5 Å². The highest BCUT2D eigenvalue weighted by molar-refractivity contribution is 5.57. The predicted molar refractivity (Wildman–Crippen MR) is 48.2 cm³/mol. The summed E-state index contributed by atoms with van der Waals surface area (Å²) in [5.41, 5.74) is 6.63. The van der Waals surface area contributed by atoms with Gasteiger partial charge in [-0.15, -0.1) is 13.2 Å². The standard InChI is InChI=1S/C8H7F6N3O/c9-7(10,11)5-4(1-15)17-2-3(16)6(5)18-8(12,13)14/h2H,1,15-16H2. The van der Waals surface area contributed by atoms with E-state index in [4.69, 9.17) is 11.5 Å². The van der Waals surface area contributed by atoms with Gasteiger partial charge in [0.15, 0.2) is 5.75 Å². The molecule has 0 saturated carbocycles. The summed E-state index contributed by atoms with van der Waals surface area (Å²) in [5.74, 6) is -1.54. The van der Waals surface area contributed by atoms with Crippen LogP contribution in [0.3, 0.4) is 0 Å². The van der Waals surface area contributed by atoms with Gasteiger partial charge in [0.25, 0.3) is 0 Å². The summed E-state index contributed by atoms with van der Waals surface area (Å²) in [6.45, 7) is -0.705. The van der Waals surface area contributed by atoms with Gasteiger partial charge >= 0.3 is 12.5 Å². The molecule has 1 rings (SSSR count). The summed E-state index contributed by atoms with van der Waals surface area (Å²) in [6.07, 6.45) is -9.79. The van der Waals surface area contributed by atoms with Gasteiger partial charge in [-0.25, -0.2) is 0 Å². The summed E-state index contributed by atoms with van der Waals surface area (Å²) in [4.78, 5) is 3.24. The fourth-order valence-corrected chi connectivity index (χ4v) is 1.22. The van der Waals surface area contributed by atoms with E-state index in [0.29, 0.717) is 6.20 Å². The van der Waals surface area contributed by atoms with Gasteiger partial charge in [-0.2, -0.15) is 13.2 Å². The van der Waals surface area contributed by atoms with E-state index in [0.717, 1.165) is 0 Å². The lowest BCUT2D eigenvalue weighted by atomic mass is 10.1. The summed E-state index contributed by atoms with van der Waals surface area (Å²) in [6, 6.07) is 0. The van der Waals surface area contributed by atoms with Gasteiger partial charge in [-0.3, -0.25) is 4.98 Å². The number of nitrogen functional groups attached to an aromatic ring is 1. The third-order valence-electron chi connectivity index (χ3n) is 1.83. The van der Waals surface area contributed by atoms with Gasteiger partial charge in [0.2, 0.25) is 0 Å². The molecule has 102 valence electrons. The zero-order valence-electron chi connectivity index (χ0n) is 8.56. The van der Waals surface area contributed by atoms with Gasteiger partial charge in [0.1, 0.15) is 5.56 Å². The Labute approximate surface area is 96.5 Å². The van der Waals surface area contributed by atoms with Crippen LogP contribution in [0.1, 0.15) is 11.3 Å². The number of ether oxygens (including phenoxy) is 1. The minimum atomic E-state index is -5.30. The number of hydrogen-bond donors (Lipinski definition) is 2. The number of aromatic nitrogens is 1. The number of anilines is 1. The van der Waals surface area contributed by atoms with Crippen molar-refractivity contribution in [2.75, 3.05) is 5.73 Å². The monoisotopic (exact) mass is 275 g/mol. The molecule has 1 heterocycles. The lowest BCUT2D eigenvalue weighted by molar-refractivity contribution is -0.276. The first kappa shape index (κ1) is 14.4. The second-order valence-corrected chi connectivity index (χ2v) is 3.11. The highest BCUT2D eigenvalue weighted by atomic mass is 19.4. The van der Waals surface area contributed by atoms with E-state index in [1.165, 1.54) is 0 Å². The molecule has 0 fully saturated rings. The van der Waals surface area contributed by atoms with Crippen molar-refractivity contribution in [3.63, 3.8) is 0 Å². The molecule has 1 aromatic heterocycles. The number of nitrogens with two attached hydrogens (primary N) is 2. The van der Waals surface area contributed by atoms with E-state index in [9.17, 15) is 26.3 Å². The molecule has 0 atom stereocenters. The molecule has 0 bridgehead atoms. The van der Waals surface area contributed by atoms with Gasteiger partial charge in [0, 0.05) is 6.54 Å². The van der Waals surface area contributed by atoms with Gasteiger partial charge < -0.3 is 16.2 Å². The summed E-state index contributed by atoms with van der Waals surface area (Å²) in [5, 5.41) is 0. The van der Waals surface area contributed by atoms with Crippen LogP contribution in [0.4, 0.5) is 32.0 Å². The molecule has 10 heteroatoms. The largest absolute Gasteiger partial charge is 0.573 e. The van der Waals surface area contributed by atoms with E-state index >= 15 is 0 Å². The van der Waals surface area contributed by atoms with Gasteiger partial charge in [0.05, 0.1) is 17.6 Å². The Hall–Kier alpha value is -1.71. The van der Waals surface area contributed by atoms with Crippen molar-refractivity contribution in [1.29, 1.82) is 0 Å². The molecule has 4 nitrogen and oxygen atoms in total. The first-order chi connectivity index (χ1) is 8.06. The average molecular weight is 275 g/mol. The Morgan fingerprint density at radius 1 is 1.17 bits per heavy atom. The molecule has 4 N–H and O–H groups in total. The molecule has 0 aliphatic carbocycles. The lowest BCUT2D eigenvalue weighted by Gasteiger charge is -2.18. The van der Waals surface area contributed by atoms with Gasteiger partial charge in [-0.05, 0) is 0 Å². The van der Waals surface area contributed by atoms with Crippen LogP contribution in [0.5, 0.6) is 5.75 Å². The quantitative estimate of drug-likeness (QED) is 0.810. The third kappa shape index (κ3) is 3.15. The highest BCUT2D eigenvalue weighted by Gasteiger charge is 2.42. The fourth-order valence-electron chi connectivity index (χ4n) is 1.22. The Kier molecular flexibility index (Phi) is 3.60. The topological polar surface area (TPSA) is 74.2 Å². The molecule has 0 aromatic carbocycles.